The van der Waals surface area contributed by atoms with E-state index in [-0.39, 0.29) is 6.04 Å². The molecule has 0 saturated carbocycles. The van der Waals surface area contributed by atoms with Gasteiger partial charge in [0.1, 0.15) is 5.75 Å². The number of benzene rings is 1. The zero-order chi connectivity index (χ0) is 13.5. The topological polar surface area (TPSA) is 50.7 Å². The van der Waals surface area contributed by atoms with Crippen LogP contribution in [0, 0.1) is 6.92 Å². The fraction of sp³-hybridized carbons (Fsp3) is 0.571. The summed E-state index contributed by atoms with van der Waals surface area (Å²) >= 11 is 0. The van der Waals surface area contributed by atoms with Crippen LogP contribution in [0.3, 0.4) is 0 Å². The number of rotatable bonds is 7. The molecule has 2 atom stereocenters. The average Bonchev–Trinajstić information content (AvgIpc) is 2.38. The third-order valence-electron chi connectivity index (χ3n) is 2.95. The molecule has 1 aromatic rings. The van der Waals surface area contributed by atoms with Crippen LogP contribution in [-0.4, -0.2) is 38.5 Å². The first kappa shape index (κ1) is 15.0. The Balaban J connectivity index is 2.75. The molecule has 18 heavy (non-hydrogen) atoms. The first-order valence-electron chi connectivity index (χ1n) is 6.15. The third-order valence-corrected chi connectivity index (χ3v) is 2.95. The zero-order valence-corrected chi connectivity index (χ0v) is 11.6. The second-order valence-corrected chi connectivity index (χ2v) is 4.43. The Morgan fingerprint density at radius 3 is 2.67 bits per heavy atom. The first-order valence-corrected chi connectivity index (χ1v) is 6.15. The van der Waals surface area contributed by atoms with Gasteiger partial charge in [-0.1, -0.05) is 11.6 Å². The molecular formula is C14H23NO3. The van der Waals surface area contributed by atoms with Crippen molar-refractivity contribution in [2.75, 3.05) is 27.4 Å². The predicted octanol–water partition coefficient (Wildman–Crippen LogP) is 1.66. The molecule has 102 valence electrons. The van der Waals surface area contributed by atoms with Gasteiger partial charge in [0.2, 0.25) is 0 Å². The molecule has 0 aliphatic carbocycles. The van der Waals surface area contributed by atoms with E-state index >= 15 is 0 Å². The molecule has 1 rings (SSSR count). The maximum atomic E-state index is 10.3. The SMILES string of the molecule is COCCNC(C)C(O)c1cc(C)ccc1OC. The van der Waals surface area contributed by atoms with Crippen LogP contribution in [0.1, 0.15) is 24.2 Å². The minimum absolute atomic E-state index is 0.0594. The van der Waals surface area contributed by atoms with Crippen molar-refractivity contribution in [2.45, 2.75) is 26.0 Å². The number of aliphatic hydroxyl groups is 1. The molecule has 1 aromatic carbocycles. The monoisotopic (exact) mass is 253 g/mol. The van der Waals surface area contributed by atoms with E-state index in [0.717, 1.165) is 11.1 Å². The number of hydrogen-bond acceptors (Lipinski definition) is 4. The number of nitrogens with one attached hydrogen (secondary N) is 1. The molecular weight excluding hydrogens is 230 g/mol. The van der Waals surface area contributed by atoms with Crippen LogP contribution in [0.15, 0.2) is 18.2 Å². The fourth-order valence-electron chi connectivity index (χ4n) is 1.85. The summed E-state index contributed by atoms with van der Waals surface area (Å²) in [5, 5.41) is 13.6. The summed E-state index contributed by atoms with van der Waals surface area (Å²) in [7, 11) is 3.27. The molecule has 0 bridgehead atoms. The highest BCUT2D eigenvalue weighted by atomic mass is 16.5. The van der Waals surface area contributed by atoms with Gasteiger partial charge in [-0.2, -0.15) is 0 Å². The average molecular weight is 253 g/mol. The molecule has 0 spiro atoms. The van der Waals surface area contributed by atoms with E-state index in [2.05, 4.69) is 5.32 Å². The Hall–Kier alpha value is -1.10. The molecule has 0 aliphatic heterocycles. The third kappa shape index (κ3) is 3.98. The second-order valence-electron chi connectivity index (χ2n) is 4.43. The van der Waals surface area contributed by atoms with Crippen molar-refractivity contribution < 1.29 is 14.6 Å². The maximum absolute atomic E-state index is 10.3. The lowest BCUT2D eigenvalue weighted by Gasteiger charge is -2.22. The lowest BCUT2D eigenvalue weighted by Crippen LogP contribution is -2.34. The summed E-state index contributed by atoms with van der Waals surface area (Å²) in [4.78, 5) is 0. The van der Waals surface area contributed by atoms with Gasteiger partial charge in [-0.25, -0.2) is 0 Å². The normalized spacial score (nSPS) is 14.3. The van der Waals surface area contributed by atoms with Crippen molar-refractivity contribution in [3.8, 4) is 5.75 Å². The Labute approximate surface area is 109 Å². The zero-order valence-electron chi connectivity index (χ0n) is 11.6. The Kier molecular flexibility index (Phi) is 6.12. The van der Waals surface area contributed by atoms with E-state index in [1.807, 2.05) is 32.0 Å². The molecule has 0 heterocycles. The number of aliphatic hydroxyl groups excluding tert-OH is 1. The summed E-state index contributed by atoms with van der Waals surface area (Å²) in [5.74, 6) is 0.716. The molecule has 4 heteroatoms. The molecule has 0 amide bonds. The lowest BCUT2D eigenvalue weighted by atomic mass is 10.0. The Morgan fingerprint density at radius 2 is 2.06 bits per heavy atom. The van der Waals surface area contributed by atoms with E-state index < -0.39 is 6.10 Å². The maximum Gasteiger partial charge on any atom is 0.124 e. The van der Waals surface area contributed by atoms with Gasteiger partial charge in [0.05, 0.1) is 19.8 Å². The largest absolute Gasteiger partial charge is 0.496 e. The highest BCUT2D eigenvalue weighted by Crippen LogP contribution is 2.28. The van der Waals surface area contributed by atoms with Gasteiger partial charge in [-0.3, -0.25) is 0 Å². The highest BCUT2D eigenvalue weighted by molar-refractivity contribution is 5.39. The number of ether oxygens (including phenoxy) is 2. The molecule has 0 aromatic heterocycles. The van der Waals surface area contributed by atoms with Crippen LogP contribution in [0.25, 0.3) is 0 Å². The van der Waals surface area contributed by atoms with Gasteiger partial charge in [-0.05, 0) is 26.0 Å². The van der Waals surface area contributed by atoms with Crippen LogP contribution >= 0.6 is 0 Å². The lowest BCUT2D eigenvalue weighted by molar-refractivity contribution is 0.124. The van der Waals surface area contributed by atoms with Gasteiger partial charge in [-0.15, -0.1) is 0 Å². The summed E-state index contributed by atoms with van der Waals surface area (Å²) in [6, 6.07) is 5.75. The van der Waals surface area contributed by atoms with Crippen molar-refractivity contribution in [3.05, 3.63) is 29.3 Å². The van der Waals surface area contributed by atoms with Crippen LogP contribution in [0.4, 0.5) is 0 Å². The van der Waals surface area contributed by atoms with Crippen molar-refractivity contribution in [3.63, 3.8) is 0 Å². The first-order chi connectivity index (χ1) is 8.60. The van der Waals surface area contributed by atoms with E-state index in [0.29, 0.717) is 18.9 Å². The van der Waals surface area contributed by atoms with Crippen molar-refractivity contribution >= 4 is 0 Å². The molecule has 2 N–H and O–H groups in total. The molecule has 2 unspecified atom stereocenters. The Morgan fingerprint density at radius 1 is 1.33 bits per heavy atom. The standard InChI is InChI=1S/C14H23NO3/c1-10-5-6-13(18-4)12(9-10)14(16)11(2)15-7-8-17-3/h5-6,9,11,14-16H,7-8H2,1-4H3. The van der Waals surface area contributed by atoms with E-state index in [1.54, 1.807) is 14.2 Å². The van der Waals surface area contributed by atoms with Crippen molar-refractivity contribution in [1.82, 2.24) is 5.32 Å². The quantitative estimate of drug-likeness (QED) is 0.726. The summed E-state index contributed by atoms with van der Waals surface area (Å²) in [5.41, 5.74) is 1.92. The molecule has 0 radical (unpaired) electrons. The highest BCUT2D eigenvalue weighted by Gasteiger charge is 2.19. The molecule has 0 aliphatic rings. The predicted molar refractivity (Wildman–Crippen MR) is 72.0 cm³/mol. The van der Waals surface area contributed by atoms with E-state index in [1.165, 1.54) is 0 Å². The van der Waals surface area contributed by atoms with Gasteiger partial charge in [0.25, 0.3) is 0 Å². The van der Waals surface area contributed by atoms with Crippen LogP contribution in [-0.2, 0) is 4.74 Å². The summed E-state index contributed by atoms with van der Waals surface area (Å²) in [6.07, 6.45) is -0.600. The fourth-order valence-corrected chi connectivity index (χ4v) is 1.85. The smallest absolute Gasteiger partial charge is 0.124 e. The molecule has 0 fully saturated rings. The number of aryl methyl sites for hydroxylation is 1. The second kappa shape index (κ2) is 7.36. The van der Waals surface area contributed by atoms with Crippen LogP contribution < -0.4 is 10.1 Å². The number of methoxy groups -OCH3 is 2. The van der Waals surface area contributed by atoms with Crippen LogP contribution in [0.5, 0.6) is 5.75 Å². The summed E-state index contributed by atoms with van der Waals surface area (Å²) < 4.78 is 10.3. The van der Waals surface area contributed by atoms with Crippen molar-refractivity contribution in [1.29, 1.82) is 0 Å². The van der Waals surface area contributed by atoms with Crippen LogP contribution in [0.2, 0.25) is 0 Å². The Bertz CT molecular complexity index is 368. The van der Waals surface area contributed by atoms with Gasteiger partial charge < -0.3 is 19.9 Å². The van der Waals surface area contributed by atoms with Gasteiger partial charge >= 0.3 is 0 Å². The molecule has 4 nitrogen and oxygen atoms in total. The minimum Gasteiger partial charge on any atom is -0.496 e. The van der Waals surface area contributed by atoms with E-state index in [9.17, 15) is 5.11 Å². The summed E-state index contributed by atoms with van der Waals surface area (Å²) in [6.45, 7) is 5.28. The van der Waals surface area contributed by atoms with Crippen molar-refractivity contribution in [2.24, 2.45) is 0 Å². The molecule has 0 saturated heterocycles. The minimum atomic E-state index is -0.600. The number of hydrogen-bond donors (Lipinski definition) is 2. The van der Waals surface area contributed by atoms with Gasteiger partial charge in [0, 0.05) is 25.3 Å². The van der Waals surface area contributed by atoms with Gasteiger partial charge in [0.15, 0.2) is 0 Å². The van der Waals surface area contributed by atoms with E-state index in [4.69, 9.17) is 9.47 Å².